The number of halogens is 1. The van der Waals surface area contributed by atoms with Crippen LogP contribution in [-0.2, 0) is 6.54 Å². The maximum absolute atomic E-state index is 13.0. The van der Waals surface area contributed by atoms with E-state index in [9.17, 15) is 9.18 Å². The van der Waals surface area contributed by atoms with E-state index in [1.807, 2.05) is 6.92 Å². The first-order chi connectivity index (χ1) is 8.97. The average Bonchev–Trinajstić information content (AvgIpc) is 2.74. The number of amides is 1. The zero-order valence-electron chi connectivity index (χ0n) is 11.1. The Balaban J connectivity index is 2.14. The van der Waals surface area contributed by atoms with Gasteiger partial charge in [-0.25, -0.2) is 9.37 Å². The summed E-state index contributed by atoms with van der Waals surface area (Å²) in [6.07, 6.45) is 1.78. The van der Waals surface area contributed by atoms with Gasteiger partial charge in [0.1, 0.15) is 5.82 Å². The molecule has 19 heavy (non-hydrogen) atoms. The van der Waals surface area contributed by atoms with Crippen LogP contribution < -0.4 is 0 Å². The van der Waals surface area contributed by atoms with Crippen molar-refractivity contribution in [3.63, 3.8) is 0 Å². The monoisotopic (exact) mass is 278 g/mol. The molecule has 5 heteroatoms. The van der Waals surface area contributed by atoms with Crippen molar-refractivity contribution in [2.75, 3.05) is 7.05 Å². The Morgan fingerprint density at radius 2 is 2.16 bits per heavy atom. The first-order valence-electron chi connectivity index (χ1n) is 5.90. The van der Waals surface area contributed by atoms with Crippen molar-refractivity contribution in [1.82, 2.24) is 9.88 Å². The van der Waals surface area contributed by atoms with Crippen LogP contribution in [0.5, 0.6) is 0 Å². The van der Waals surface area contributed by atoms with Crippen LogP contribution in [0.4, 0.5) is 4.39 Å². The van der Waals surface area contributed by atoms with Gasteiger partial charge in [0.25, 0.3) is 5.91 Å². The highest BCUT2D eigenvalue weighted by molar-refractivity contribution is 7.11. The van der Waals surface area contributed by atoms with E-state index in [1.165, 1.54) is 18.2 Å². The summed E-state index contributed by atoms with van der Waals surface area (Å²) in [5.74, 6) is -0.432. The van der Waals surface area contributed by atoms with Gasteiger partial charge in [-0.3, -0.25) is 4.79 Å². The maximum atomic E-state index is 13.0. The van der Waals surface area contributed by atoms with Crippen LogP contribution in [0.3, 0.4) is 0 Å². The average molecular weight is 278 g/mol. The van der Waals surface area contributed by atoms with Gasteiger partial charge in [-0.05, 0) is 37.6 Å². The van der Waals surface area contributed by atoms with Crippen LogP contribution in [0.25, 0.3) is 0 Å². The Hall–Kier alpha value is -1.75. The number of nitrogens with zero attached hydrogens (tertiary/aromatic N) is 2. The second kappa shape index (κ2) is 5.48. The highest BCUT2D eigenvalue weighted by Gasteiger charge is 2.15. The number of thiazole rings is 1. The van der Waals surface area contributed by atoms with Crippen molar-refractivity contribution in [1.29, 1.82) is 0 Å². The molecular formula is C14H15FN2OS. The lowest BCUT2D eigenvalue weighted by Crippen LogP contribution is -2.26. The zero-order chi connectivity index (χ0) is 14.0. The molecule has 1 amide bonds. The summed E-state index contributed by atoms with van der Waals surface area (Å²) in [4.78, 5) is 19.1. The molecule has 2 aromatic rings. The standard InChI is InChI=1S/C14H15FN2OS/c1-9-6-11(15)4-5-13(9)14(18)17(3)8-12-7-16-10(2)19-12/h4-7H,8H2,1-3H3. The van der Waals surface area contributed by atoms with Crippen LogP contribution in [-0.4, -0.2) is 22.8 Å². The molecule has 0 N–H and O–H groups in total. The summed E-state index contributed by atoms with van der Waals surface area (Å²) in [5, 5.41) is 0.980. The molecule has 0 saturated heterocycles. The van der Waals surface area contributed by atoms with Crippen LogP contribution in [0, 0.1) is 19.7 Å². The number of aromatic nitrogens is 1. The summed E-state index contributed by atoms with van der Waals surface area (Å²) in [5.41, 5.74) is 1.18. The summed E-state index contributed by atoms with van der Waals surface area (Å²) >= 11 is 1.57. The van der Waals surface area contributed by atoms with Crippen LogP contribution >= 0.6 is 11.3 Å². The molecule has 0 radical (unpaired) electrons. The highest BCUT2D eigenvalue weighted by atomic mass is 32.1. The van der Waals surface area contributed by atoms with E-state index >= 15 is 0 Å². The third-order valence-electron chi connectivity index (χ3n) is 2.83. The molecule has 1 heterocycles. The van der Waals surface area contributed by atoms with E-state index in [0.717, 1.165) is 9.88 Å². The van der Waals surface area contributed by atoms with Crippen molar-refractivity contribution in [2.45, 2.75) is 20.4 Å². The van der Waals surface area contributed by atoms with Crippen molar-refractivity contribution in [3.8, 4) is 0 Å². The first-order valence-corrected chi connectivity index (χ1v) is 6.72. The Kier molecular flexibility index (Phi) is 3.95. The van der Waals surface area contributed by atoms with E-state index < -0.39 is 0 Å². The van der Waals surface area contributed by atoms with E-state index in [2.05, 4.69) is 4.98 Å². The summed E-state index contributed by atoms with van der Waals surface area (Å²) in [7, 11) is 1.74. The SMILES string of the molecule is Cc1ncc(CN(C)C(=O)c2ccc(F)cc2C)s1. The van der Waals surface area contributed by atoms with Crippen molar-refractivity contribution in [2.24, 2.45) is 0 Å². The van der Waals surface area contributed by atoms with Gasteiger partial charge in [-0.1, -0.05) is 0 Å². The second-order valence-electron chi connectivity index (χ2n) is 4.47. The Morgan fingerprint density at radius 3 is 2.74 bits per heavy atom. The number of carbonyl (C=O) groups excluding carboxylic acids is 1. The van der Waals surface area contributed by atoms with Gasteiger partial charge in [0, 0.05) is 23.7 Å². The fourth-order valence-electron chi connectivity index (χ4n) is 1.86. The topological polar surface area (TPSA) is 33.2 Å². The molecule has 0 aliphatic carbocycles. The van der Waals surface area contributed by atoms with E-state index in [1.54, 1.807) is 36.4 Å². The first kappa shape index (κ1) is 13.7. The molecule has 0 atom stereocenters. The Bertz CT molecular complexity index is 609. The molecule has 1 aromatic carbocycles. The fourth-order valence-corrected chi connectivity index (χ4v) is 2.71. The maximum Gasteiger partial charge on any atom is 0.254 e. The molecule has 0 bridgehead atoms. The number of aryl methyl sites for hydroxylation is 2. The van der Waals surface area contributed by atoms with Gasteiger partial charge in [0.05, 0.1) is 11.6 Å². The minimum Gasteiger partial charge on any atom is -0.336 e. The van der Waals surface area contributed by atoms with E-state index in [-0.39, 0.29) is 11.7 Å². The molecule has 0 spiro atoms. The molecule has 2 rings (SSSR count). The minimum absolute atomic E-state index is 0.108. The zero-order valence-corrected chi connectivity index (χ0v) is 11.9. The Labute approximate surface area is 115 Å². The minimum atomic E-state index is -0.324. The second-order valence-corrected chi connectivity index (χ2v) is 5.79. The quantitative estimate of drug-likeness (QED) is 0.864. The van der Waals surface area contributed by atoms with Crippen molar-refractivity contribution in [3.05, 3.63) is 51.2 Å². The molecule has 3 nitrogen and oxygen atoms in total. The Morgan fingerprint density at radius 1 is 1.42 bits per heavy atom. The number of hydrogen-bond acceptors (Lipinski definition) is 3. The van der Waals surface area contributed by atoms with Crippen molar-refractivity contribution >= 4 is 17.2 Å². The third kappa shape index (κ3) is 3.17. The third-order valence-corrected chi connectivity index (χ3v) is 3.73. The number of carbonyl (C=O) groups is 1. The van der Waals surface area contributed by atoms with Crippen LogP contribution in [0.2, 0.25) is 0 Å². The summed E-state index contributed by atoms with van der Waals surface area (Å²) in [6.45, 7) is 4.18. The lowest BCUT2D eigenvalue weighted by molar-refractivity contribution is 0.0785. The molecule has 0 unspecified atom stereocenters. The number of benzene rings is 1. The normalized spacial score (nSPS) is 10.5. The number of rotatable bonds is 3. The largest absolute Gasteiger partial charge is 0.336 e. The van der Waals surface area contributed by atoms with Crippen molar-refractivity contribution < 1.29 is 9.18 Å². The summed E-state index contributed by atoms with van der Waals surface area (Å²) < 4.78 is 13.0. The van der Waals surface area contributed by atoms with Gasteiger partial charge in [-0.15, -0.1) is 11.3 Å². The molecule has 0 aliphatic heterocycles. The molecule has 1 aromatic heterocycles. The predicted octanol–water partition coefficient (Wildman–Crippen LogP) is 3.17. The summed E-state index contributed by atoms with van der Waals surface area (Å²) in [6, 6.07) is 4.21. The van der Waals surface area contributed by atoms with Gasteiger partial charge >= 0.3 is 0 Å². The van der Waals surface area contributed by atoms with Gasteiger partial charge < -0.3 is 4.90 Å². The lowest BCUT2D eigenvalue weighted by atomic mass is 10.1. The number of hydrogen-bond donors (Lipinski definition) is 0. The van der Waals surface area contributed by atoms with E-state index in [0.29, 0.717) is 17.7 Å². The van der Waals surface area contributed by atoms with Gasteiger partial charge in [0.2, 0.25) is 0 Å². The van der Waals surface area contributed by atoms with Crippen LogP contribution in [0.15, 0.2) is 24.4 Å². The molecule has 0 saturated carbocycles. The lowest BCUT2D eigenvalue weighted by Gasteiger charge is -2.17. The van der Waals surface area contributed by atoms with Gasteiger partial charge in [0.15, 0.2) is 0 Å². The molecule has 0 aliphatic rings. The molecule has 100 valence electrons. The fraction of sp³-hybridized carbons (Fsp3) is 0.286. The smallest absolute Gasteiger partial charge is 0.254 e. The predicted molar refractivity (Wildman–Crippen MR) is 73.8 cm³/mol. The van der Waals surface area contributed by atoms with E-state index in [4.69, 9.17) is 0 Å². The molecule has 0 fully saturated rings. The highest BCUT2D eigenvalue weighted by Crippen LogP contribution is 2.17. The van der Waals surface area contributed by atoms with Gasteiger partial charge in [-0.2, -0.15) is 0 Å². The van der Waals surface area contributed by atoms with Crippen LogP contribution in [0.1, 0.15) is 25.8 Å². The molecular weight excluding hydrogens is 263 g/mol.